The van der Waals surface area contributed by atoms with Crippen LogP contribution in [0.4, 0.5) is 10.5 Å². The summed E-state index contributed by atoms with van der Waals surface area (Å²) in [5.41, 5.74) is 5.84. The first kappa shape index (κ1) is 17.5. The molecule has 2 aromatic carbocycles. The summed E-state index contributed by atoms with van der Waals surface area (Å²) < 4.78 is 2.10. The number of fused-ring (bicyclic) bond motifs is 2. The summed E-state index contributed by atoms with van der Waals surface area (Å²) in [6, 6.07) is 12.7. The summed E-state index contributed by atoms with van der Waals surface area (Å²) in [5, 5.41) is 13.9. The summed E-state index contributed by atoms with van der Waals surface area (Å²) in [4.78, 5) is 21.7. The standard InChI is InChI=1S/C22H21N5O2/c1-26-8-4-14-2-3-15(10-20(14)26)18-11-17(12-19-21(18)24-7-6-23-19)25-16-5-9-27(13-16)22(28)29/h2-4,6-8,10-12,16,25H,5,9,13H2,1H3,(H,28,29)/t16-/m0/s1. The quantitative estimate of drug-likeness (QED) is 0.556. The molecule has 2 N–H and O–H groups in total. The third kappa shape index (κ3) is 3.14. The van der Waals surface area contributed by atoms with E-state index in [2.05, 4.69) is 56.4 Å². The molecule has 4 aromatic rings. The van der Waals surface area contributed by atoms with E-state index in [1.54, 1.807) is 12.4 Å². The zero-order valence-corrected chi connectivity index (χ0v) is 16.0. The van der Waals surface area contributed by atoms with E-state index < -0.39 is 6.09 Å². The largest absolute Gasteiger partial charge is 0.465 e. The van der Waals surface area contributed by atoms with Gasteiger partial charge in [0.1, 0.15) is 0 Å². The van der Waals surface area contributed by atoms with E-state index >= 15 is 0 Å². The normalized spacial score (nSPS) is 16.6. The highest BCUT2D eigenvalue weighted by atomic mass is 16.4. The number of likely N-dealkylation sites (tertiary alicyclic amines) is 1. The van der Waals surface area contributed by atoms with Gasteiger partial charge in [0, 0.05) is 61.5 Å². The summed E-state index contributed by atoms with van der Waals surface area (Å²) in [6.07, 6.45) is 5.38. The topological polar surface area (TPSA) is 83.3 Å². The highest BCUT2D eigenvalue weighted by Gasteiger charge is 2.26. The molecule has 1 fully saturated rings. The highest BCUT2D eigenvalue weighted by molar-refractivity contribution is 5.97. The maximum atomic E-state index is 11.2. The van der Waals surface area contributed by atoms with Crippen LogP contribution in [0.3, 0.4) is 0 Å². The first-order valence-corrected chi connectivity index (χ1v) is 9.63. The summed E-state index contributed by atoms with van der Waals surface area (Å²) in [6.45, 7) is 1.04. The van der Waals surface area contributed by atoms with Gasteiger partial charge in [-0.05, 0) is 41.6 Å². The van der Waals surface area contributed by atoms with Gasteiger partial charge in [0.25, 0.3) is 0 Å². The Hall–Kier alpha value is -3.61. The maximum absolute atomic E-state index is 11.2. The minimum Gasteiger partial charge on any atom is -0.465 e. The van der Waals surface area contributed by atoms with Gasteiger partial charge in [-0.25, -0.2) is 4.79 Å². The molecular formula is C22H21N5O2. The van der Waals surface area contributed by atoms with E-state index in [0.29, 0.717) is 13.1 Å². The van der Waals surface area contributed by atoms with Gasteiger partial charge in [-0.3, -0.25) is 9.97 Å². The molecule has 2 aromatic heterocycles. The number of nitrogens with zero attached hydrogens (tertiary/aromatic N) is 4. The Balaban J connectivity index is 1.57. The molecule has 1 atom stereocenters. The van der Waals surface area contributed by atoms with Crippen molar-refractivity contribution in [2.45, 2.75) is 12.5 Å². The number of aryl methyl sites for hydroxylation is 1. The minimum absolute atomic E-state index is 0.0865. The monoisotopic (exact) mass is 387 g/mol. The van der Waals surface area contributed by atoms with E-state index in [4.69, 9.17) is 0 Å². The maximum Gasteiger partial charge on any atom is 0.407 e. The van der Waals surface area contributed by atoms with Gasteiger partial charge >= 0.3 is 6.09 Å². The zero-order valence-electron chi connectivity index (χ0n) is 16.0. The molecule has 1 saturated heterocycles. The Bertz CT molecular complexity index is 1230. The molecule has 29 heavy (non-hydrogen) atoms. The van der Waals surface area contributed by atoms with Crippen LogP contribution < -0.4 is 5.32 Å². The van der Waals surface area contributed by atoms with Crippen LogP contribution >= 0.6 is 0 Å². The lowest BCUT2D eigenvalue weighted by Crippen LogP contribution is -2.30. The van der Waals surface area contributed by atoms with Gasteiger partial charge in [0.05, 0.1) is 11.0 Å². The number of benzene rings is 2. The lowest BCUT2D eigenvalue weighted by Gasteiger charge is -2.17. The number of nitrogens with one attached hydrogen (secondary N) is 1. The Labute approximate surface area is 167 Å². The SMILES string of the molecule is Cn1ccc2ccc(-c3cc(N[C@H]4CCN(C(=O)O)C4)cc4nccnc34)cc21. The van der Waals surface area contributed by atoms with Crippen molar-refractivity contribution in [3.63, 3.8) is 0 Å². The van der Waals surface area contributed by atoms with Crippen molar-refractivity contribution in [2.75, 3.05) is 18.4 Å². The van der Waals surface area contributed by atoms with Gasteiger partial charge < -0.3 is 19.9 Å². The Kier molecular flexibility index (Phi) is 4.08. The molecule has 0 saturated carbocycles. The Morgan fingerprint density at radius 3 is 2.86 bits per heavy atom. The molecule has 1 aliphatic rings. The third-order valence-corrected chi connectivity index (χ3v) is 5.60. The number of hydrogen-bond donors (Lipinski definition) is 2. The van der Waals surface area contributed by atoms with Crippen LogP contribution in [0.1, 0.15) is 6.42 Å². The van der Waals surface area contributed by atoms with Crippen molar-refractivity contribution in [1.29, 1.82) is 0 Å². The first-order chi connectivity index (χ1) is 14.1. The summed E-state index contributed by atoms with van der Waals surface area (Å²) in [5.74, 6) is 0. The fraction of sp³-hybridized carbons (Fsp3) is 0.227. The molecule has 146 valence electrons. The number of hydrogen-bond acceptors (Lipinski definition) is 4. The van der Waals surface area contributed by atoms with Crippen LogP contribution in [-0.4, -0.2) is 49.8 Å². The second-order valence-electron chi connectivity index (χ2n) is 7.51. The van der Waals surface area contributed by atoms with Crippen molar-refractivity contribution >= 4 is 33.7 Å². The van der Waals surface area contributed by atoms with Gasteiger partial charge in [0.15, 0.2) is 0 Å². The molecule has 1 amide bonds. The van der Waals surface area contributed by atoms with Gasteiger partial charge in [-0.1, -0.05) is 12.1 Å². The molecule has 3 heterocycles. The molecule has 7 nitrogen and oxygen atoms in total. The number of aromatic nitrogens is 3. The van der Waals surface area contributed by atoms with Crippen molar-refractivity contribution in [2.24, 2.45) is 7.05 Å². The molecule has 0 unspecified atom stereocenters. The van der Waals surface area contributed by atoms with Crippen LogP contribution in [0.15, 0.2) is 55.0 Å². The fourth-order valence-corrected chi connectivity index (χ4v) is 4.10. The lowest BCUT2D eigenvalue weighted by atomic mass is 10.0. The molecular weight excluding hydrogens is 366 g/mol. The van der Waals surface area contributed by atoms with Crippen LogP contribution in [-0.2, 0) is 7.05 Å². The molecule has 0 bridgehead atoms. The first-order valence-electron chi connectivity index (χ1n) is 9.63. The van der Waals surface area contributed by atoms with E-state index in [0.717, 1.165) is 39.8 Å². The number of carboxylic acid groups (broad SMARTS) is 1. The molecule has 7 heteroatoms. The minimum atomic E-state index is -0.866. The number of rotatable bonds is 3. The summed E-state index contributed by atoms with van der Waals surface area (Å²) in [7, 11) is 2.04. The van der Waals surface area contributed by atoms with Crippen LogP contribution in [0.5, 0.6) is 0 Å². The van der Waals surface area contributed by atoms with Crippen LogP contribution in [0, 0.1) is 0 Å². The molecule has 1 aliphatic heterocycles. The number of anilines is 1. The molecule has 0 aliphatic carbocycles. The fourth-order valence-electron chi connectivity index (χ4n) is 4.10. The molecule has 5 rings (SSSR count). The smallest absolute Gasteiger partial charge is 0.407 e. The lowest BCUT2D eigenvalue weighted by molar-refractivity contribution is 0.155. The zero-order chi connectivity index (χ0) is 20.0. The molecule has 0 spiro atoms. The van der Waals surface area contributed by atoms with Crippen molar-refractivity contribution in [3.05, 3.63) is 55.0 Å². The average molecular weight is 387 g/mol. The van der Waals surface area contributed by atoms with Crippen molar-refractivity contribution in [3.8, 4) is 11.1 Å². The van der Waals surface area contributed by atoms with Gasteiger partial charge in [-0.2, -0.15) is 0 Å². The van der Waals surface area contributed by atoms with E-state index in [1.165, 1.54) is 10.3 Å². The Morgan fingerprint density at radius 2 is 2.03 bits per heavy atom. The van der Waals surface area contributed by atoms with Crippen LogP contribution in [0.2, 0.25) is 0 Å². The van der Waals surface area contributed by atoms with Crippen molar-refractivity contribution in [1.82, 2.24) is 19.4 Å². The van der Waals surface area contributed by atoms with E-state index in [9.17, 15) is 9.90 Å². The highest BCUT2D eigenvalue weighted by Crippen LogP contribution is 2.32. The predicted octanol–water partition coefficient (Wildman–Crippen LogP) is 3.95. The number of carbonyl (C=O) groups is 1. The van der Waals surface area contributed by atoms with E-state index in [1.807, 2.05) is 13.1 Å². The Morgan fingerprint density at radius 1 is 1.17 bits per heavy atom. The summed E-state index contributed by atoms with van der Waals surface area (Å²) >= 11 is 0. The second-order valence-corrected chi connectivity index (χ2v) is 7.51. The van der Waals surface area contributed by atoms with Gasteiger partial charge in [-0.15, -0.1) is 0 Å². The average Bonchev–Trinajstić information content (AvgIpc) is 3.34. The van der Waals surface area contributed by atoms with E-state index in [-0.39, 0.29) is 6.04 Å². The van der Waals surface area contributed by atoms with Crippen molar-refractivity contribution < 1.29 is 9.90 Å². The predicted molar refractivity (Wildman–Crippen MR) is 113 cm³/mol. The van der Waals surface area contributed by atoms with Crippen LogP contribution in [0.25, 0.3) is 33.1 Å². The number of amides is 1. The molecule has 0 radical (unpaired) electrons. The van der Waals surface area contributed by atoms with Gasteiger partial charge in [0.2, 0.25) is 0 Å². The second kappa shape index (κ2) is 6.77. The third-order valence-electron chi connectivity index (χ3n) is 5.60.